The van der Waals surface area contributed by atoms with Crippen LogP contribution in [0, 0.1) is 12.8 Å². The van der Waals surface area contributed by atoms with Crippen molar-refractivity contribution in [2.45, 2.75) is 26.2 Å². The van der Waals surface area contributed by atoms with E-state index in [-0.39, 0.29) is 5.57 Å². The van der Waals surface area contributed by atoms with E-state index in [4.69, 9.17) is 9.84 Å². The number of carbonyl (C=O) groups excluding carboxylic acids is 1. The lowest BCUT2D eigenvalue weighted by atomic mass is 9.91. The van der Waals surface area contributed by atoms with Gasteiger partial charge in [-0.1, -0.05) is 17.7 Å². The SMILES string of the molecule is Cc1ccc(N(C)/C=C(\C=C(/C=O)C(=O)O)CC2CCOCC2)cc1. The van der Waals surface area contributed by atoms with Crippen LogP contribution in [0.5, 0.6) is 0 Å². The molecule has 1 fully saturated rings. The summed E-state index contributed by atoms with van der Waals surface area (Å²) in [6, 6.07) is 8.09. The number of hydrogen-bond donors (Lipinski definition) is 1. The van der Waals surface area contributed by atoms with E-state index >= 15 is 0 Å². The lowest BCUT2D eigenvalue weighted by Crippen LogP contribution is -2.17. The fraction of sp³-hybridized carbons (Fsp3) is 0.400. The average molecular weight is 343 g/mol. The number of carboxylic acid groups (broad SMARTS) is 1. The minimum Gasteiger partial charge on any atom is -0.478 e. The van der Waals surface area contributed by atoms with Gasteiger partial charge in [0.05, 0.1) is 5.57 Å². The highest BCUT2D eigenvalue weighted by Crippen LogP contribution is 2.25. The summed E-state index contributed by atoms with van der Waals surface area (Å²) < 4.78 is 5.39. The van der Waals surface area contributed by atoms with Crippen molar-refractivity contribution >= 4 is 17.9 Å². The number of aliphatic carboxylic acids is 1. The van der Waals surface area contributed by atoms with Crippen LogP contribution >= 0.6 is 0 Å². The van der Waals surface area contributed by atoms with Crippen LogP contribution in [0.4, 0.5) is 5.69 Å². The number of aldehydes is 1. The topological polar surface area (TPSA) is 66.8 Å². The fourth-order valence-electron chi connectivity index (χ4n) is 2.88. The molecule has 5 nitrogen and oxygen atoms in total. The van der Waals surface area contributed by atoms with Gasteiger partial charge in [-0.3, -0.25) is 4.79 Å². The normalized spacial score (nSPS) is 16.6. The summed E-state index contributed by atoms with van der Waals surface area (Å²) in [5.74, 6) is -0.768. The van der Waals surface area contributed by atoms with Gasteiger partial charge in [-0.25, -0.2) is 4.79 Å². The molecule has 0 unspecified atom stereocenters. The first-order chi connectivity index (χ1) is 12.0. The minimum atomic E-state index is -1.20. The zero-order chi connectivity index (χ0) is 18.2. The molecule has 2 rings (SSSR count). The van der Waals surface area contributed by atoms with Crippen LogP contribution < -0.4 is 4.90 Å². The molecule has 1 N–H and O–H groups in total. The zero-order valence-electron chi connectivity index (χ0n) is 14.8. The number of allylic oxidation sites excluding steroid dienone is 2. The summed E-state index contributed by atoms with van der Waals surface area (Å²) in [7, 11) is 1.92. The number of carboxylic acids is 1. The summed E-state index contributed by atoms with van der Waals surface area (Å²) in [6.45, 7) is 3.49. The molecule has 0 atom stereocenters. The molecule has 1 saturated heterocycles. The number of nitrogens with zero attached hydrogens (tertiary/aromatic N) is 1. The van der Waals surface area contributed by atoms with Crippen molar-refractivity contribution < 1.29 is 19.4 Å². The average Bonchev–Trinajstić information content (AvgIpc) is 2.60. The van der Waals surface area contributed by atoms with Crippen LogP contribution in [0.2, 0.25) is 0 Å². The quantitative estimate of drug-likeness (QED) is 0.270. The van der Waals surface area contributed by atoms with Crippen LogP contribution in [-0.2, 0) is 14.3 Å². The first-order valence-corrected chi connectivity index (χ1v) is 8.47. The number of benzene rings is 1. The van der Waals surface area contributed by atoms with E-state index in [1.807, 2.05) is 49.3 Å². The maximum absolute atomic E-state index is 11.2. The van der Waals surface area contributed by atoms with Crippen molar-refractivity contribution in [2.75, 3.05) is 25.2 Å². The number of anilines is 1. The van der Waals surface area contributed by atoms with Gasteiger partial charge in [0, 0.05) is 32.1 Å². The van der Waals surface area contributed by atoms with Gasteiger partial charge in [0.1, 0.15) is 0 Å². The first-order valence-electron chi connectivity index (χ1n) is 8.47. The van der Waals surface area contributed by atoms with Crippen molar-refractivity contribution in [1.82, 2.24) is 0 Å². The van der Waals surface area contributed by atoms with Crippen LogP contribution in [-0.4, -0.2) is 37.6 Å². The lowest BCUT2D eigenvalue weighted by molar-refractivity contribution is -0.133. The van der Waals surface area contributed by atoms with E-state index in [1.165, 1.54) is 11.6 Å². The van der Waals surface area contributed by atoms with E-state index in [0.717, 1.165) is 43.7 Å². The number of rotatable bonds is 7. The minimum absolute atomic E-state index is 0.226. The molecule has 1 aromatic rings. The Morgan fingerprint density at radius 2 is 1.92 bits per heavy atom. The maximum Gasteiger partial charge on any atom is 0.339 e. The third-order valence-electron chi connectivity index (χ3n) is 4.38. The zero-order valence-corrected chi connectivity index (χ0v) is 14.8. The second-order valence-corrected chi connectivity index (χ2v) is 6.43. The molecule has 0 spiro atoms. The maximum atomic E-state index is 11.2. The predicted molar refractivity (Wildman–Crippen MR) is 97.6 cm³/mol. The molecule has 1 aliphatic rings. The number of hydrogen-bond acceptors (Lipinski definition) is 4. The fourth-order valence-corrected chi connectivity index (χ4v) is 2.88. The molecule has 5 heteroatoms. The van der Waals surface area contributed by atoms with Crippen molar-refractivity contribution in [1.29, 1.82) is 0 Å². The third kappa shape index (κ3) is 5.87. The molecule has 0 aromatic heterocycles. The van der Waals surface area contributed by atoms with Crippen LogP contribution in [0.1, 0.15) is 24.8 Å². The van der Waals surface area contributed by atoms with Crippen molar-refractivity contribution in [3.05, 3.63) is 53.3 Å². The summed E-state index contributed by atoms with van der Waals surface area (Å²) in [5.41, 5.74) is 2.79. The van der Waals surface area contributed by atoms with Crippen molar-refractivity contribution in [3.8, 4) is 0 Å². The summed E-state index contributed by atoms with van der Waals surface area (Å²) in [5, 5.41) is 9.15. The van der Waals surface area contributed by atoms with E-state index < -0.39 is 5.97 Å². The molecule has 0 bridgehead atoms. The van der Waals surface area contributed by atoms with Gasteiger partial charge >= 0.3 is 5.97 Å². The van der Waals surface area contributed by atoms with Gasteiger partial charge < -0.3 is 14.7 Å². The predicted octanol–water partition coefficient (Wildman–Crippen LogP) is 3.34. The molecule has 1 aromatic carbocycles. The molecular formula is C20H25NO4. The third-order valence-corrected chi connectivity index (χ3v) is 4.38. The van der Waals surface area contributed by atoms with Gasteiger partial charge in [0.25, 0.3) is 0 Å². The molecule has 0 amide bonds. The van der Waals surface area contributed by atoms with E-state index in [2.05, 4.69) is 0 Å². The highest BCUT2D eigenvalue weighted by atomic mass is 16.5. The van der Waals surface area contributed by atoms with Gasteiger partial charge in [-0.15, -0.1) is 0 Å². The molecular weight excluding hydrogens is 318 g/mol. The Labute approximate surface area is 148 Å². The standard InChI is InChI=1S/C20H25NO4/c1-15-3-5-19(6-4-15)21(2)13-17(12-18(14-22)20(23)24)11-16-7-9-25-10-8-16/h3-6,12-14,16H,7-11H2,1-2H3,(H,23,24)/b17-13-,18-12+. The first kappa shape index (κ1) is 18.9. The smallest absolute Gasteiger partial charge is 0.339 e. The van der Waals surface area contributed by atoms with Gasteiger partial charge in [-0.2, -0.15) is 0 Å². The van der Waals surface area contributed by atoms with Crippen molar-refractivity contribution in [2.24, 2.45) is 5.92 Å². The number of carbonyl (C=O) groups is 2. The Kier molecular flexibility index (Phi) is 6.95. The van der Waals surface area contributed by atoms with Crippen LogP contribution in [0.25, 0.3) is 0 Å². The number of ether oxygens (including phenoxy) is 1. The van der Waals surface area contributed by atoms with Gasteiger partial charge in [-0.05, 0) is 55.9 Å². The Balaban J connectivity index is 2.26. The van der Waals surface area contributed by atoms with Crippen molar-refractivity contribution in [3.63, 3.8) is 0 Å². The van der Waals surface area contributed by atoms with E-state index in [9.17, 15) is 9.59 Å². The van der Waals surface area contributed by atoms with E-state index in [0.29, 0.717) is 12.2 Å². The summed E-state index contributed by atoms with van der Waals surface area (Å²) in [4.78, 5) is 24.2. The van der Waals surface area contributed by atoms with Gasteiger partial charge in [0.15, 0.2) is 6.29 Å². The highest BCUT2D eigenvalue weighted by Gasteiger charge is 2.16. The molecule has 0 radical (unpaired) electrons. The number of aryl methyl sites for hydroxylation is 1. The van der Waals surface area contributed by atoms with Gasteiger partial charge in [0.2, 0.25) is 0 Å². The largest absolute Gasteiger partial charge is 0.478 e. The molecule has 0 saturated carbocycles. The van der Waals surface area contributed by atoms with Crippen LogP contribution in [0.3, 0.4) is 0 Å². The Hall–Kier alpha value is -2.40. The second-order valence-electron chi connectivity index (χ2n) is 6.43. The van der Waals surface area contributed by atoms with Crippen LogP contribution in [0.15, 0.2) is 47.7 Å². The highest BCUT2D eigenvalue weighted by molar-refractivity contribution is 6.07. The second kappa shape index (κ2) is 9.18. The Bertz CT molecular complexity index is 655. The molecule has 1 aliphatic heterocycles. The molecule has 134 valence electrons. The lowest BCUT2D eigenvalue weighted by Gasteiger charge is -2.23. The monoisotopic (exact) mass is 343 g/mol. The molecule has 1 heterocycles. The Morgan fingerprint density at radius 1 is 1.28 bits per heavy atom. The molecule has 25 heavy (non-hydrogen) atoms. The summed E-state index contributed by atoms with van der Waals surface area (Å²) in [6.07, 6.45) is 6.41. The Morgan fingerprint density at radius 3 is 2.48 bits per heavy atom. The summed E-state index contributed by atoms with van der Waals surface area (Å²) >= 11 is 0. The van der Waals surface area contributed by atoms with E-state index in [1.54, 1.807) is 0 Å². The molecule has 0 aliphatic carbocycles.